The van der Waals surface area contributed by atoms with Crippen molar-refractivity contribution in [2.75, 3.05) is 0 Å². The molecule has 0 bridgehead atoms. The van der Waals surface area contributed by atoms with Gasteiger partial charge in [0.25, 0.3) is 0 Å². The van der Waals surface area contributed by atoms with E-state index in [1.807, 2.05) is 12.1 Å². The Labute approximate surface area is 508 Å². The molecule has 0 N–H and O–H groups in total. The Morgan fingerprint density at radius 2 is 0.667 bits per heavy atom. The minimum Gasteiger partial charge on any atom is -0.309 e. The molecule has 0 aliphatic heterocycles. The third kappa shape index (κ3) is 9.62. The maximum absolute atomic E-state index is 14.3. The smallest absolute Gasteiger partial charge is 0.309 e. The van der Waals surface area contributed by atoms with Crippen LogP contribution in [0.4, 0.5) is 18.9 Å². The molecule has 0 saturated heterocycles. The van der Waals surface area contributed by atoms with Crippen molar-refractivity contribution in [3.05, 3.63) is 265 Å². The molecule has 0 spiro atoms. The van der Waals surface area contributed by atoms with Gasteiger partial charge in [-0.1, -0.05) is 113 Å². The van der Waals surface area contributed by atoms with Crippen LogP contribution in [0, 0.1) is 96.6 Å². The molecule has 2 heterocycles. The van der Waals surface area contributed by atoms with Gasteiger partial charge in [0.05, 0.1) is 39.9 Å². The van der Waals surface area contributed by atoms with Crippen molar-refractivity contribution in [3.63, 3.8) is 0 Å². The van der Waals surface area contributed by atoms with Crippen LogP contribution < -0.4 is 0 Å². The zero-order chi connectivity index (χ0) is 61.2. The molecule has 0 radical (unpaired) electrons. The zero-order valence-electron chi connectivity index (χ0n) is 51.7. The molecule has 0 atom stereocenters. The highest BCUT2D eigenvalue weighted by Gasteiger charge is 2.31. The van der Waals surface area contributed by atoms with Gasteiger partial charge >= 0.3 is 6.18 Å². The second-order valence-electron chi connectivity index (χ2n) is 24.8. The monoisotopic (exact) mass is 1140 g/mol. The van der Waals surface area contributed by atoms with E-state index in [1.54, 1.807) is 13.0 Å². The number of aromatic nitrogens is 2. The van der Waals surface area contributed by atoms with Crippen molar-refractivity contribution >= 4 is 49.3 Å². The van der Waals surface area contributed by atoms with E-state index in [4.69, 9.17) is 6.57 Å². The highest BCUT2D eigenvalue weighted by molar-refractivity contribution is 6.14. The number of hydrogen-bond donors (Lipinski definition) is 0. The lowest BCUT2D eigenvalue weighted by molar-refractivity contribution is -0.137. The molecule has 6 heteroatoms. The van der Waals surface area contributed by atoms with Crippen molar-refractivity contribution in [2.45, 2.75) is 96.2 Å². The number of aryl methyl sites for hydroxylation is 13. The third-order valence-corrected chi connectivity index (χ3v) is 18.1. The lowest BCUT2D eigenvalue weighted by Crippen LogP contribution is -2.05. The maximum Gasteiger partial charge on any atom is 0.416 e. The normalized spacial score (nSPS) is 11.9. The van der Waals surface area contributed by atoms with Crippen LogP contribution >= 0.6 is 0 Å². The summed E-state index contributed by atoms with van der Waals surface area (Å²) in [5.41, 5.74) is 32.9. The number of benzene rings is 11. The third-order valence-electron chi connectivity index (χ3n) is 18.1. The summed E-state index contributed by atoms with van der Waals surface area (Å²) in [4.78, 5) is 4.28. The lowest BCUT2D eigenvalue weighted by Gasteiger charge is -2.19. The average Bonchev–Trinajstić information content (AvgIpc) is 1.62. The molecule has 0 amide bonds. The lowest BCUT2D eigenvalue weighted by atomic mass is 9.91. The Kier molecular flexibility index (Phi) is 13.7. The Morgan fingerprint density at radius 1 is 0.310 bits per heavy atom. The molecular weight excluding hydrogens is 1070 g/mol. The summed E-state index contributed by atoms with van der Waals surface area (Å²) in [5.74, 6) is 0. The fourth-order valence-corrected chi connectivity index (χ4v) is 15.0. The van der Waals surface area contributed by atoms with Crippen LogP contribution in [0.2, 0.25) is 0 Å². The number of nitrogens with zero attached hydrogens (tertiary/aromatic N) is 3. The van der Waals surface area contributed by atoms with Crippen molar-refractivity contribution in [3.8, 4) is 78.1 Å². The molecule has 3 nitrogen and oxygen atoms in total. The first-order valence-corrected chi connectivity index (χ1v) is 29.9. The first-order chi connectivity index (χ1) is 41.5. The van der Waals surface area contributed by atoms with Gasteiger partial charge in [0.2, 0.25) is 0 Å². The summed E-state index contributed by atoms with van der Waals surface area (Å²) >= 11 is 0. The minimum atomic E-state index is -4.50. The Hall–Kier alpha value is -9.70. The summed E-state index contributed by atoms with van der Waals surface area (Å²) in [6.45, 7) is 36.8. The predicted octanol–water partition coefficient (Wildman–Crippen LogP) is 23.5. The van der Waals surface area contributed by atoms with E-state index in [-0.39, 0.29) is 0 Å². The predicted molar refractivity (Wildman–Crippen MR) is 361 cm³/mol. The second kappa shape index (κ2) is 21.1. The van der Waals surface area contributed by atoms with Gasteiger partial charge in [-0.15, -0.1) is 0 Å². The van der Waals surface area contributed by atoms with Gasteiger partial charge in [-0.3, -0.25) is 0 Å². The summed E-state index contributed by atoms with van der Waals surface area (Å²) in [6.07, 6.45) is -4.50. The quantitative estimate of drug-likeness (QED) is 0.135. The molecule has 2 aromatic heterocycles. The number of alkyl halides is 3. The van der Waals surface area contributed by atoms with Crippen molar-refractivity contribution in [2.24, 2.45) is 0 Å². The summed E-state index contributed by atoms with van der Waals surface area (Å²) in [6, 6.07) is 61.6. The van der Waals surface area contributed by atoms with Gasteiger partial charge in [-0.2, -0.15) is 13.2 Å². The SMILES string of the molecule is [C-]#[N+]c1ccc(-n2c3ccc(-c4c(C)cc(C)cc4C)cc3c3cc(-c4c(C)cc(C)cc4C)ccc32)cc1-c1cc(-c2ccc(C(F)(F)F)cc2C)ccc1-n1c2ccc(-c3c(C)cc(C)cc3C)cc2c2cc(-c3c(C)cc(C)cc3C)ccc21. The Morgan fingerprint density at radius 3 is 1.01 bits per heavy atom. The van der Waals surface area contributed by atoms with Crippen LogP contribution in [-0.2, 0) is 6.18 Å². The first kappa shape index (κ1) is 56.4. The standard InChI is InChI=1S/C81H68F3N3/c1-44-29-49(6)77(50(7)30-44)58-16-25-72-67(39-58)68-40-59(78-51(8)31-45(2)32-52(78)9)17-26-73(68)86(72)63-21-23-71(85-14)65(43-63)66-38-57(64-22-20-62(37-48(64)5)81(82,83)84)15-24-74(66)87-75-27-18-60(79-53(10)33-46(3)34-54(79)11)41-69(75)70-42-61(19-28-76(70)87)80-55(12)35-47(4)36-56(80)13/h15-43H,1-13H3. The van der Waals surface area contributed by atoms with Gasteiger partial charge in [-0.05, 0) is 292 Å². The first-order valence-electron chi connectivity index (χ1n) is 29.9. The van der Waals surface area contributed by atoms with Crippen LogP contribution in [0.1, 0.15) is 77.9 Å². The number of fused-ring (bicyclic) bond motifs is 6. The summed E-state index contributed by atoms with van der Waals surface area (Å²) in [7, 11) is 0. The van der Waals surface area contributed by atoms with Gasteiger partial charge in [0.15, 0.2) is 5.69 Å². The topological polar surface area (TPSA) is 14.2 Å². The molecule has 11 aromatic carbocycles. The average molecular weight is 1140 g/mol. The second-order valence-corrected chi connectivity index (χ2v) is 24.8. The van der Waals surface area contributed by atoms with Crippen molar-refractivity contribution in [1.82, 2.24) is 9.13 Å². The fourth-order valence-electron chi connectivity index (χ4n) is 15.0. The summed E-state index contributed by atoms with van der Waals surface area (Å²) in [5, 5.41) is 4.38. The molecule has 428 valence electrons. The van der Waals surface area contributed by atoms with Crippen molar-refractivity contribution in [1.29, 1.82) is 0 Å². The Balaban J connectivity index is 1.10. The molecular formula is C81H68F3N3. The Bertz CT molecular complexity index is 4800. The molecule has 0 saturated carbocycles. The van der Waals surface area contributed by atoms with E-state index in [2.05, 4.69) is 243 Å². The van der Waals surface area contributed by atoms with E-state index in [9.17, 15) is 13.2 Å². The molecule has 13 rings (SSSR count). The van der Waals surface area contributed by atoms with Gasteiger partial charge < -0.3 is 9.13 Å². The van der Waals surface area contributed by atoms with E-state index < -0.39 is 11.7 Å². The largest absolute Gasteiger partial charge is 0.416 e. The van der Waals surface area contributed by atoms with Crippen LogP contribution in [0.25, 0.3) is 127 Å². The molecule has 0 fully saturated rings. The number of rotatable bonds is 8. The molecule has 0 unspecified atom stereocenters. The fraction of sp³-hybridized carbons (Fsp3) is 0.173. The van der Waals surface area contributed by atoms with Crippen LogP contribution in [-0.4, -0.2) is 9.13 Å². The highest BCUT2D eigenvalue weighted by Crippen LogP contribution is 2.47. The van der Waals surface area contributed by atoms with Crippen LogP contribution in [0.5, 0.6) is 0 Å². The van der Waals surface area contributed by atoms with Crippen LogP contribution in [0.15, 0.2) is 176 Å². The van der Waals surface area contributed by atoms with E-state index in [0.29, 0.717) is 22.4 Å². The maximum atomic E-state index is 14.3. The number of halogens is 3. The van der Waals surface area contributed by atoms with Gasteiger partial charge in [0.1, 0.15) is 0 Å². The number of hydrogen-bond acceptors (Lipinski definition) is 0. The zero-order valence-corrected chi connectivity index (χ0v) is 51.7. The van der Waals surface area contributed by atoms with Crippen molar-refractivity contribution < 1.29 is 13.2 Å². The molecule has 0 aliphatic rings. The molecule has 0 aliphatic carbocycles. The van der Waals surface area contributed by atoms with Gasteiger partial charge in [-0.25, -0.2) is 4.85 Å². The van der Waals surface area contributed by atoms with E-state index in [0.717, 1.165) is 88.4 Å². The molecule has 87 heavy (non-hydrogen) atoms. The molecule has 13 aromatic rings. The van der Waals surface area contributed by atoms with E-state index >= 15 is 0 Å². The van der Waals surface area contributed by atoms with E-state index in [1.165, 1.54) is 101 Å². The summed E-state index contributed by atoms with van der Waals surface area (Å²) < 4.78 is 47.5. The van der Waals surface area contributed by atoms with Crippen LogP contribution in [0.3, 0.4) is 0 Å². The van der Waals surface area contributed by atoms with Gasteiger partial charge in [0, 0.05) is 27.2 Å². The minimum absolute atomic E-state index is 0.447. The highest BCUT2D eigenvalue weighted by atomic mass is 19.4.